The van der Waals surface area contributed by atoms with Crippen LogP contribution in [0.5, 0.6) is 0 Å². The Morgan fingerprint density at radius 2 is 0.846 bits per heavy atom. The third-order valence-corrected chi connectivity index (χ3v) is 12.8. The molecule has 0 aromatic carbocycles. The van der Waals surface area contributed by atoms with E-state index in [9.17, 15) is 19.0 Å². The van der Waals surface area contributed by atoms with Crippen LogP contribution in [0.25, 0.3) is 0 Å². The molecule has 0 fully saturated rings. The summed E-state index contributed by atoms with van der Waals surface area (Å²) in [5.41, 5.74) is 5.38. The number of phosphoric ester groups is 1. The van der Waals surface area contributed by atoms with Gasteiger partial charge in [0.2, 0.25) is 0 Å². The van der Waals surface area contributed by atoms with Gasteiger partial charge in [-0.1, -0.05) is 217 Å². The average molecular weight is 940 g/mol. The van der Waals surface area contributed by atoms with E-state index in [4.69, 9.17) is 29.4 Å². The Kier molecular flexibility index (Phi) is 48.7. The van der Waals surface area contributed by atoms with Gasteiger partial charge in [0.1, 0.15) is 12.1 Å². The van der Waals surface area contributed by atoms with Gasteiger partial charge in [-0.25, -0.2) is 4.57 Å². The van der Waals surface area contributed by atoms with Crippen molar-refractivity contribution in [2.24, 2.45) is 5.73 Å². The molecular formula is C54H102NO9P. The topological polar surface area (TPSA) is 155 Å². The number of rotatable bonds is 52. The van der Waals surface area contributed by atoms with Crippen LogP contribution in [0.3, 0.4) is 0 Å². The van der Waals surface area contributed by atoms with Gasteiger partial charge in [-0.15, -0.1) is 0 Å². The van der Waals surface area contributed by atoms with Crippen molar-refractivity contribution in [3.8, 4) is 0 Å². The molecule has 382 valence electrons. The van der Waals surface area contributed by atoms with Crippen LogP contribution in [0.4, 0.5) is 0 Å². The largest absolute Gasteiger partial charge is 0.480 e. The molecule has 0 rings (SSSR count). The van der Waals surface area contributed by atoms with Crippen molar-refractivity contribution in [2.45, 2.75) is 270 Å². The number of carboxylic acid groups (broad SMARTS) is 1. The van der Waals surface area contributed by atoms with E-state index >= 15 is 0 Å². The maximum Gasteiger partial charge on any atom is 0.472 e. The molecular weight excluding hydrogens is 838 g/mol. The van der Waals surface area contributed by atoms with E-state index in [1.54, 1.807) is 0 Å². The number of aliphatic carboxylic acids is 1. The number of unbranched alkanes of at least 4 members (excludes halogenated alkanes) is 32. The Labute approximate surface area is 399 Å². The number of ether oxygens (including phenoxy) is 2. The van der Waals surface area contributed by atoms with E-state index in [1.807, 2.05) is 0 Å². The zero-order valence-corrected chi connectivity index (χ0v) is 43.0. The molecule has 0 aromatic rings. The molecule has 4 N–H and O–H groups in total. The van der Waals surface area contributed by atoms with E-state index < -0.39 is 45.1 Å². The van der Waals surface area contributed by atoms with Crippen LogP contribution in [-0.2, 0) is 32.7 Å². The van der Waals surface area contributed by atoms with Crippen LogP contribution < -0.4 is 5.73 Å². The van der Waals surface area contributed by atoms with Gasteiger partial charge in [0, 0.05) is 13.0 Å². The molecule has 3 unspecified atom stereocenters. The van der Waals surface area contributed by atoms with Crippen molar-refractivity contribution in [3.63, 3.8) is 0 Å². The third kappa shape index (κ3) is 49.9. The van der Waals surface area contributed by atoms with Crippen LogP contribution in [0.1, 0.15) is 258 Å². The zero-order chi connectivity index (χ0) is 47.6. The Morgan fingerprint density at radius 1 is 0.492 bits per heavy atom. The molecule has 10 nitrogen and oxygen atoms in total. The number of hydrogen-bond acceptors (Lipinski definition) is 8. The molecule has 0 radical (unpaired) electrons. The minimum absolute atomic E-state index is 0.0167. The maximum atomic E-state index is 12.7. The fourth-order valence-electron chi connectivity index (χ4n) is 7.69. The number of phosphoric acid groups is 1. The number of allylic oxidation sites excluding steroid dienone is 6. The first-order valence-electron chi connectivity index (χ1n) is 27.0. The number of carbonyl (C=O) groups excluding carboxylic acids is 1. The summed E-state index contributed by atoms with van der Waals surface area (Å²) in [6.07, 6.45) is 59.2. The highest BCUT2D eigenvalue weighted by Crippen LogP contribution is 2.43. The predicted octanol–water partition coefficient (Wildman–Crippen LogP) is 16.0. The summed E-state index contributed by atoms with van der Waals surface area (Å²) in [6.45, 7) is 3.89. The van der Waals surface area contributed by atoms with E-state index in [-0.39, 0.29) is 13.0 Å². The molecule has 0 saturated carbocycles. The first kappa shape index (κ1) is 63.2. The fraction of sp³-hybridized carbons (Fsp3) is 0.852. The van der Waals surface area contributed by atoms with Crippen molar-refractivity contribution < 1.29 is 42.7 Å². The molecule has 65 heavy (non-hydrogen) atoms. The Bertz CT molecular complexity index is 1180. The van der Waals surface area contributed by atoms with Gasteiger partial charge in [-0.05, 0) is 70.6 Å². The molecule has 0 amide bonds. The first-order chi connectivity index (χ1) is 31.7. The standard InChI is InChI=1S/C54H102NO9P/c1-3-5-7-9-11-13-15-17-19-21-23-25-26-27-28-30-32-34-36-38-40-42-44-46-53(56)64-51(49-62-65(59,60)63-50-52(55)54(57)58)48-61-47-45-43-41-39-37-35-33-31-29-24-22-20-18-16-14-12-10-8-6-4-2/h12,14,18,20-21,23,51-52H,3-11,13,15-17,19,22,24-50,55H2,1-2H3,(H,57,58)(H,59,60)/b14-12-,20-18-,23-21-. The Balaban J connectivity index is 4.09. The van der Waals surface area contributed by atoms with Gasteiger partial charge in [-0.3, -0.25) is 18.6 Å². The summed E-state index contributed by atoms with van der Waals surface area (Å²) in [5, 5.41) is 8.94. The van der Waals surface area contributed by atoms with Crippen LogP contribution >= 0.6 is 7.82 Å². The minimum atomic E-state index is -4.62. The Morgan fingerprint density at radius 3 is 1.29 bits per heavy atom. The molecule has 0 aliphatic rings. The zero-order valence-electron chi connectivity index (χ0n) is 42.1. The summed E-state index contributed by atoms with van der Waals surface area (Å²) in [6, 6.07) is -1.47. The lowest BCUT2D eigenvalue weighted by molar-refractivity contribution is -0.154. The summed E-state index contributed by atoms with van der Waals surface area (Å²) in [4.78, 5) is 33.7. The second-order valence-electron chi connectivity index (χ2n) is 18.4. The van der Waals surface area contributed by atoms with Gasteiger partial charge in [-0.2, -0.15) is 0 Å². The molecule has 0 spiro atoms. The molecule has 3 atom stereocenters. The van der Waals surface area contributed by atoms with E-state index in [2.05, 4.69) is 50.3 Å². The number of nitrogens with two attached hydrogens (primary N) is 1. The van der Waals surface area contributed by atoms with Crippen molar-refractivity contribution in [1.82, 2.24) is 0 Å². The average Bonchev–Trinajstić information content (AvgIpc) is 3.29. The van der Waals surface area contributed by atoms with Crippen LogP contribution in [0, 0.1) is 0 Å². The van der Waals surface area contributed by atoms with Gasteiger partial charge in [0.15, 0.2) is 0 Å². The molecule has 0 aliphatic heterocycles. The van der Waals surface area contributed by atoms with Crippen molar-refractivity contribution in [2.75, 3.05) is 26.4 Å². The lowest BCUT2D eigenvalue weighted by Gasteiger charge is -2.20. The molecule has 0 aliphatic carbocycles. The SMILES string of the molecule is CCCCC/C=C\C/C=C\CCCCCCCCCCCCOCC(COP(=O)(O)OCC(N)C(=O)O)OC(=O)CCCCCCCCCCCCC/C=C\CCCCCCCCCC. The lowest BCUT2D eigenvalue weighted by Crippen LogP contribution is -2.34. The van der Waals surface area contributed by atoms with Gasteiger partial charge < -0.3 is 25.2 Å². The highest BCUT2D eigenvalue weighted by Gasteiger charge is 2.27. The Hall–Kier alpha value is -1.81. The molecule has 0 bridgehead atoms. The number of carboxylic acids is 1. The van der Waals surface area contributed by atoms with Crippen LogP contribution in [0.15, 0.2) is 36.5 Å². The molecule has 0 heterocycles. The normalized spacial score (nSPS) is 13.9. The van der Waals surface area contributed by atoms with Gasteiger partial charge in [0.25, 0.3) is 0 Å². The van der Waals surface area contributed by atoms with Crippen molar-refractivity contribution >= 4 is 19.8 Å². The first-order valence-corrected chi connectivity index (χ1v) is 28.5. The smallest absolute Gasteiger partial charge is 0.472 e. The molecule has 0 aromatic heterocycles. The number of carbonyl (C=O) groups is 2. The quantitative estimate of drug-likeness (QED) is 0.0232. The van der Waals surface area contributed by atoms with E-state index in [0.717, 1.165) is 44.9 Å². The van der Waals surface area contributed by atoms with E-state index in [0.29, 0.717) is 13.0 Å². The second kappa shape index (κ2) is 50.1. The summed E-state index contributed by atoms with van der Waals surface area (Å²) >= 11 is 0. The highest BCUT2D eigenvalue weighted by molar-refractivity contribution is 7.47. The van der Waals surface area contributed by atoms with Crippen LogP contribution in [0.2, 0.25) is 0 Å². The van der Waals surface area contributed by atoms with Gasteiger partial charge in [0.05, 0.1) is 19.8 Å². The van der Waals surface area contributed by atoms with Crippen molar-refractivity contribution in [3.05, 3.63) is 36.5 Å². The van der Waals surface area contributed by atoms with Gasteiger partial charge >= 0.3 is 19.8 Å². The highest BCUT2D eigenvalue weighted by atomic mass is 31.2. The molecule has 11 heteroatoms. The maximum absolute atomic E-state index is 12.7. The second-order valence-corrected chi connectivity index (χ2v) is 19.8. The summed E-state index contributed by atoms with van der Waals surface area (Å²) < 4.78 is 33.6. The summed E-state index contributed by atoms with van der Waals surface area (Å²) in [5.74, 6) is -1.77. The fourth-order valence-corrected chi connectivity index (χ4v) is 8.47. The molecule has 0 saturated heterocycles. The predicted molar refractivity (Wildman–Crippen MR) is 272 cm³/mol. The monoisotopic (exact) mass is 940 g/mol. The lowest BCUT2D eigenvalue weighted by atomic mass is 10.0. The minimum Gasteiger partial charge on any atom is -0.480 e. The summed E-state index contributed by atoms with van der Waals surface area (Å²) in [7, 11) is -4.62. The van der Waals surface area contributed by atoms with Crippen LogP contribution in [-0.4, -0.2) is 60.5 Å². The number of esters is 1. The number of hydrogen-bond donors (Lipinski definition) is 3. The third-order valence-electron chi connectivity index (χ3n) is 11.9. The van der Waals surface area contributed by atoms with E-state index in [1.165, 1.54) is 186 Å². The van der Waals surface area contributed by atoms with Crippen molar-refractivity contribution in [1.29, 1.82) is 0 Å².